The second-order valence-corrected chi connectivity index (χ2v) is 1.17. The van der Waals surface area contributed by atoms with Crippen LogP contribution in [0.2, 0.25) is 0 Å². The van der Waals surface area contributed by atoms with E-state index in [1.165, 1.54) is 5.12 Å². The van der Waals surface area contributed by atoms with Gasteiger partial charge >= 0.3 is 0 Å². The van der Waals surface area contributed by atoms with E-state index < -0.39 is 0 Å². The highest BCUT2D eigenvalue weighted by Gasteiger charge is 1.85. The highest BCUT2D eigenvalue weighted by atomic mass is 15.8. The van der Waals surface area contributed by atoms with Gasteiger partial charge in [0.2, 0.25) is 0 Å². The van der Waals surface area contributed by atoms with Gasteiger partial charge in [-0.25, -0.2) is 5.53 Å². The second-order valence-electron chi connectivity index (χ2n) is 1.17. The molecule has 7 heavy (non-hydrogen) atoms. The lowest BCUT2D eigenvalue weighted by atomic mass is 10.8. The predicted octanol–water partition coefficient (Wildman–Crippen LogP) is -0.592. The van der Waals surface area contributed by atoms with Gasteiger partial charge in [-0.1, -0.05) is 0 Å². The molecule has 1 aliphatic rings. The molecule has 0 atom stereocenters. The summed E-state index contributed by atoms with van der Waals surface area (Å²) in [6.07, 6.45) is 3.19. The lowest BCUT2D eigenvalue weighted by Gasteiger charge is -2.11. The third-order valence-electron chi connectivity index (χ3n) is 0.584. The Balaban J connectivity index is 2.49. The molecular weight excluding hydrogens is 92.1 g/mol. The smallest absolute Gasteiger partial charge is 0.0692 e. The fourth-order valence-electron chi connectivity index (χ4n) is 0.306. The van der Waals surface area contributed by atoms with Gasteiger partial charge in [0.05, 0.1) is 12.4 Å². The molecule has 4 nitrogen and oxygen atoms in total. The van der Waals surface area contributed by atoms with E-state index >= 15 is 0 Å². The summed E-state index contributed by atoms with van der Waals surface area (Å²) in [5.41, 5.74) is 2.59. The number of rotatable bonds is 0. The van der Waals surface area contributed by atoms with Crippen molar-refractivity contribution in [3.63, 3.8) is 0 Å². The predicted molar refractivity (Wildman–Crippen MR) is 27.9 cm³/mol. The molecule has 0 bridgehead atoms. The van der Waals surface area contributed by atoms with Gasteiger partial charge in [0.25, 0.3) is 0 Å². The van der Waals surface area contributed by atoms with Gasteiger partial charge in [-0.3, -0.25) is 0 Å². The number of hydrazone groups is 2. The topological polar surface area (TPSA) is 40.0 Å². The normalized spacial score (nSPS) is 17.0. The molecule has 0 aromatic rings. The molecule has 0 spiro atoms. The van der Waals surface area contributed by atoms with Gasteiger partial charge in [0.15, 0.2) is 0 Å². The Labute approximate surface area is 41.5 Å². The Morgan fingerprint density at radius 2 is 2.43 bits per heavy atom. The summed E-state index contributed by atoms with van der Waals surface area (Å²) in [5, 5.41) is 8.95. The monoisotopic (exact) mass is 98.1 g/mol. The summed E-state index contributed by atoms with van der Waals surface area (Å²) in [5.74, 6) is 0. The largest absolute Gasteiger partial charge is 0.203 e. The van der Waals surface area contributed by atoms with Gasteiger partial charge in [0, 0.05) is 7.05 Å². The van der Waals surface area contributed by atoms with Crippen LogP contribution in [0.1, 0.15) is 0 Å². The molecule has 0 saturated heterocycles. The summed E-state index contributed by atoms with van der Waals surface area (Å²) in [6.45, 7) is 0. The first-order chi connectivity index (χ1) is 3.39. The maximum atomic E-state index is 3.78. The van der Waals surface area contributed by atoms with Crippen molar-refractivity contribution in [3.05, 3.63) is 0 Å². The Morgan fingerprint density at radius 1 is 1.57 bits per heavy atom. The third kappa shape index (κ3) is 0.887. The van der Waals surface area contributed by atoms with Gasteiger partial charge in [-0.2, -0.15) is 15.3 Å². The zero-order chi connectivity index (χ0) is 5.11. The Kier molecular flexibility index (Phi) is 0.934. The van der Waals surface area contributed by atoms with E-state index in [4.69, 9.17) is 0 Å². The quantitative estimate of drug-likeness (QED) is 0.440. The van der Waals surface area contributed by atoms with Gasteiger partial charge < -0.3 is 0 Å². The Bertz CT molecular complexity index is 106. The molecule has 1 aliphatic heterocycles. The fraction of sp³-hybridized carbons (Fsp3) is 0.333. The lowest BCUT2D eigenvalue weighted by molar-refractivity contribution is 0.253. The van der Waals surface area contributed by atoms with Crippen molar-refractivity contribution in [2.75, 3.05) is 7.05 Å². The number of nitrogens with one attached hydrogen (secondary N) is 1. The molecule has 0 unspecified atom stereocenters. The molecule has 1 heterocycles. The fourth-order valence-corrected chi connectivity index (χ4v) is 0.306. The first-order valence-corrected chi connectivity index (χ1v) is 1.94. The summed E-state index contributed by atoms with van der Waals surface area (Å²) < 4.78 is 0. The van der Waals surface area contributed by atoms with Crippen LogP contribution in [-0.4, -0.2) is 24.6 Å². The van der Waals surface area contributed by atoms with E-state index in [0.29, 0.717) is 0 Å². The molecule has 1 N–H and O–H groups in total. The zero-order valence-corrected chi connectivity index (χ0v) is 4.00. The minimum Gasteiger partial charge on any atom is -0.203 e. The van der Waals surface area contributed by atoms with E-state index in [9.17, 15) is 0 Å². The standard InChI is InChI=1S/C3H6N4/c1-7-5-3-2-4-6-7/h2-3,6H,1H3. The molecule has 0 aliphatic carbocycles. The van der Waals surface area contributed by atoms with E-state index in [-0.39, 0.29) is 0 Å². The average molecular weight is 98.1 g/mol. The molecule has 4 heteroatoms. The molecule has 0 fully saturated rings. The minimum atomic E-state index is 1.51. The highest BCUT2D eigenvalue weighted by Crippen LogP contribution is 1.76. The van der Waals surface area contributed by atoms with Crippen LogP contribution in [0.15, 0.2) is 10.2 Å². The van der Waals surface area contributed by atoms with Crippen LogP contribution in [0.5, 0.6) is 0 Å². The van der Waals surface area contributed by atoms with Crippen LogP contribution in [0.25, 0.3) is 0 Å². The SMILES string of the molecule is CN1N=CC=NN1. The highest BCUT2D eigenvalue weighted by molar-refractivity contribution is 6.16. The van der Waals surface area contributed by atoms with Crippen LogP contribution in [0.3, 0.4) is 0 Å². The number of nitrogens with zero attached hydrogens (tertiary/aromatic N) is 3. The lowest BCUT2D eigenvalue weighted by Crippen LogP contribution is -2.27. The van der Waals surface area contributed by atoms with E-state index in [1.807, 2.05) is 0 Å². The van der Waals surface area contributed by atoms with Crippen LogP contribution < -0.4 is 5.53 Å². The van der Waals surface area contributed by atoms with Crippen molar-refractivity contribution < 1.29 is 0 Å². The van der Waals surface area contributed by atoms with Crippen LogP contribution >= 0.6 is 0 Å². The van der Waals surface area contributed by atoms with E-state index in [2.05, 4.69) is 15.7 Å². The number of hydrogen-bond donors (Lipinski definition) is 1. The summed E-state index contributed by atoms with van der Waals surface area (Å²) in [7, 11) is 1.77. The van der Waals surface area contributed by atoms with E-state index in [1.54, 1.807) is 19.5 Å². The molecule has 0 aromatic heterocycles. The first-order valence-electron chi connectivity index (χ1n) is 1.94. The number of hydrogen-bond acceptors (Lipinski definition) is 4. The summed E-state index contributed by atoms with van der Waals surface area (Å²) >= 11 is 0. The van der Waals surface area contributed by atoms with E-state index in [0.717, 1.165) is 0 Å². The van der Waals surface area contributed by atoms with Crippen LogP contribution in [0.4, 0.5) is 0 Å². The summed E-state index contributed by atoms with van der Waals surface area (Å²) in [4.78, 5) is 0. The molecule has 38 valence electrons. The van der Waals surface area contributed by atoms with Crippen molar-refractivity contribution in [3.8, 4) is 0 Å². The second kappa shape index (κ2) is 1.59. The molecule has 0 amide bonds. The maximum absolute atomic E-state index is 3.78. The average Bonchev–Trinajstić information content (AvgIpc) is 1.69. The van der Waals surface area contributed by atoms with Crippen molar-refractivity contribution in [2.45, 2.75) is 0 Å². The molecule has 1 rings (SSSR count). The van der Waals surface area contributed by atoms with Crippen molar-refractivity contribution in [2.24, 2.45) is 10.2 Å². The zero-order valence-electron chi connectivity index (χ0n) is 4.00. The van der Waals surface area contributed by atoms with Crippen molar-refractivity contribution >= 4 is 12.4 Å². The molecule has 0 saturated carbocycles. The minimum absolute atomic E-state index is 1.51. The third-order valence-corrected chi connectivity index (χ3v) is 0.584. The molecular formula is C3H6N4. The Morgan fingerprint density at radius 3 is 2.71 bits per heavy atom. The van der Waals surface area contributed by atoms with Crippen LogP contribution in [0, 0.1) is 0 Å². The van der Waals surface area contributed by atoms with Crippen LogP contribution in [-0.2, 0) is 0 Å². The van der Waals surface area contributed by atoms with Gasteiger partial charge in [-0.15, -0.1) is 0 Å². The maximum Gasteiger partial charge on any atom is 0.0692 e. The molecule has 0 radical (unpaired) electrons. The Hall–Kier alpha value is -1.06. The van der Waals surface area contributed by atoms with Crippen molar-refractivity contribution in [1.82, 2.24) is 10.7 Å². The number of hydrazine groups is 1. The molecule has 0 aromatic carbocycles. The summed E-state index contributed by atoms with van der Waals surface area (Å²) in [6, 6.07) is 0. The van der Waals surface area contributed by atoms with Gasteiger partial charge in [-0.05, 0) is 0 Å². The van der Waals surface area contributed by atoms with Gasteiger partial charge in [0.1, 0.15) is 0 Å². The first kappa shape index (κ1) is 4.11. The van der Waals surface area contributed by atoms with Crippen molar-refractivity contribution in [1.29, 1.82) is 0 Å².